The van der Waals surface area contributed by atoms with Crippen molar-refractivity contribution < 1.29 is 32.3 Å². The topological polar surface area (TPSA) is 75.4 Å². The number of carboxylic acid groups (broad SMARTS) is 1. The molecule has 0 radical (unpaired) electrons. The van der Waals surface area contributed by atoms with Crippen LogP contribution in [0.1, 0.15) is 61.0 Å². The van der Waals surface area contributed by atoms with Crippen molar-refractivity contribution in [1.82, 2.24) is 14.7 Å². The molecular formula is C27H28ClF4N3O3. The Bertz CT molecular complexity index is 1290. The van der Waals surface area contributed by atoms with Gasteiger partial charge in [-0.2, -0.15) is 18.3 Å². The molecule has 0 saturated heterocycles. The van der Waals surface area contributed by atoms with Crippen LogP contribution in [0.3, 0.4) is 0 Å². The van der Waals surface area contributed by atoms with E-state index < -0.39 is 29.1 Å². The molecule has 11 heteroatoms. The number of hydrogen-bond donors (Lipinski definition) is 1. The number of benzene rings is 1. The third kappa shape index (κ3) is 4.28. The van der Waals surface area contributed by atoms with E-state index in [0.717, 1.165) is 30.0 Å². The molecule has 2 heterocycles. The molecule has 0 spiro atoms. The second kappa shape index (κ2) is 8.96. The summed E-state index contributed by atoms with van der Waals surface area (Å²) in [5, 5.41) is 13.9. The molecule has 1 aromatic heterocycles. The van der Waals surface area contributed by atoms with Crippen molar-refractivity contribution in [3.05, 3.63) is 51.6 Å². The van der Waals surface area contributed by atoms with Crippen LogP contribution in [0.5, 0.6) is 0 Å². The third-order valence-electron chi connectivity index (χ3n) is 9.43. The Morgan fingerprint density at radius 2 is 1.87 bits per heavy atom. The zero-order chi connectivity index (χ0) is 27.0. The van der Waals surface area contributed by atoms with E-state index in [1.807, 2.05) is 0 Å². The van der Waals surface area contributed by atoms with E-state index in [4.69, 9.17) is 11.6 Å². The van der Waals surface area contributed by atoms with Crippen LogP contribution in [0.4, 0.5) is 17.6 Å². The lowest BCUT2D eigenvalue weighted by molar-refractivity contribution is -0.172. The number of alkyl halides is 3. The van der Waals surface area contributed by atoms with Crippen LogP contribution >= 0.6 is 11.6 Å². The number of carbonyl (C=O) groups is 2. The highest BCUT2D eigenvalue weighted by molar-refractivity contribution is 6.30. The van der Waals surface area contributed by atoms with Gasteiger partial charge in [-0.3, -0.25) is 14.3 Å². The molecule has 4 aliphatic carbocycles. The van der Waals surface area contributed by atoms with Gasteiger partial charge in [0, 0.05) is 29.1 Å². The molecule has 4 bridgehead atoms. The lowest BCUT2D eigenvalue weighted by Crippen LogP contribution is -2.54. The first-order valence-corrected chi connectivity index (χ1v) is 13.4. The summed E-state index contributed by atoms with van der Waals surface area (Å²) < 4.78 is 57.0. The summed E-state index contributed by atoms with van der Waals surface area (Å²) in [4.78, 5) is 27.1. The normalized spacial score (nSPS) is 30.0. The van der Waals surface area contributed by atoms with Gasteiger partial charge in [0.15, 0.2) is 5.69 Å². The molecule has 2 unspecified atom stereocenters. The van der Waals surface area contributed by atoms with Crippen molar-refractivity contribution in [3.8, 4) is 0 Å². The first-order chi connectivity index (χ1) is 17.9. The van der Waals surface area contributed by atoms with Crippen LogP contribution < -0.4 is 0 Å². The molecule has 4 fully saturated rings. The van der Waals surface area contributed by atoms with Crippen molar-refractivity contribution in [2.24, 2.45) is 29.1 Å². The standard InChI is InChI=1S/C27H28ClF4N3O3/c28-18-2-1-15(21(29)7-18)12-35-22-13-34(4-3-19(22)24(33-35)27(30,31)32)23(36)8-20-16-5-14-6-17(20)11-26(9-14,10-16)25(37)38/h1-2,7,14,16-17,20H,3-6,8-13H2,(H,37,38). The molecule has 2 atom stereocenters. The van der Waals surface area contributed by atoms with Gasteiger partial charge in [-0.25, -0.2) is 4.39 Å². The van der Waals surface area contributed by atoms with Crippen molar-refractivity contribution in [1.29, 1.82) is 0 Å². The van der Waals surface area contributed by atoms with Gasteiger partial charge in [0.05, 0.1) is 24.2 Å². The zero-order valence-electron chi connectivity index (χ0n) is 20.6. The Hall–Kier alpha value is -2.62. The number of aliphatic carboxylic acids is 1. The van der Waals surface area contributed by atoms with E-state index in [1.54, 1.807) is 4.90 Å². The highest BCUT2D eigenvalue weighted by Crippen LogP contribution is 2.63. The van der Waals surface area contributed by atoms with Crippen molar-refractivity contribution in [2.75, 3.05) is 6.54 Å². The van der Waals surface area contributed by atoms with Crippen LogP contribution in [0.2, 0.25) is 5.02 Å². The molecule has 5 aliphatic rings. The highest BCUT2D eigenvalue weighted by Gasteiger charge is 2.58. The highest BCUT2D eigenvalue weighted by atomic mass is 35.5. The molecule has 204 valence electrons. The minimum Gasteiger partial charge on any atom is -0.481 e. The fourth-order valence-corrected chi connectivity index (χ4v) is 8.08. The number of amides is 1. The number of aromatic nitrogens is 2. The molecular weight excluding hydrogens is 526 g/mol. The number of fused-ring (bicyclic) bond motifs is 1. The first kappa shape index (κ1) is 25.6. The van der Waals surface area contributed by atoms with E-state index in [1.165, 1.54) is 12.1 Å². The van der Waals surface area contributed by atoms with Crippen LogP contribution in [-0.2, 0) is 35.3 Å². The summed E-state index contributed by atoms with van der Waals surface area (Å²) in [6.45, 7) is -0.0925. The van der Waals surface area contributed by atoms with Gasteiger partial charge in [0.25, 0.3) is 0 Å². The Labute approximate surface area is 221 Å². The van der Waals surface area contributed by atoms with E-state index in [2.05, 4.69) is 5.10 Å². The van der Waals surface area contributed by atoms with E-state index in [0.29, 0.717) is 18.8 Å². The summed E-state index contributed by atoms with van der Waals surface area (Å²) in [5.41, 5.74) is -1.19. The number of hydrogen-bond acceptors (Lipinski definition) is 3. The second-order valence-corrected chi connectivity index (χ2v) is 12.1. The second-order valence-electron chi connectivity index (χ2n) is 11.7. The van der Waals surface area contributed by atoms with Gasteiger partial charge in [0.2, 0.25) is 5.91 Å². The van der Waals surface area contributed by atoms with Gasteiger partial charge < -0.3 is 10.0 Å². The molecule has 4 saturated carbocycles. The molecule has 6 nitrogen and oxygen atoms in total. The van der Waals surface area contributed by atoms with Crippen molar-refractivity contribution in [2.45, 2.75) is 64.2 Å². The Kier molecular flexibility index (Phi) is 6.05. The minimum atomic E-state index is -4.67. The number of carboxylic acids is 1. The van der Waals surface area contributed by atoms with E-state index >= 15 is 0 Å². The quantitative estimate of drug-likeness (QED) is 0.493. The summed E-state index contributed by atoms with van der Waals surface area (Å²) >= 11 is 5.82. The Morgan fingerprint density at radius 1 is 1.16 bits per heavy atom. The Balaban J connectivity index is 1.22. The molecule has 2 aromatic rings. The van der Waals surface area contributed by atoms with Crippen LogP contribution in [0.25, 0.3) is 0 Å². The SMILES string of the molecule is O=C(CC1C2CC3CC1CC(C(=O)O)(C3)C2)N1CCc2c(C(F)(F)F)nn(Cc3ccc(Cl)cc3F)c2C1. The summed E-state index contributed by atoms with van der Waals surface area (Å²) in [6.07, 6.45) is -0.549. The summed E-state index contributed by atoms with van der Waals surface area (Å²) in [7, 11) is 0. The zero-order valence-corrected chi connectivity index (χ0v) is 21.4. The fourth-order valence-electron chi connectivity index (χ4n) is 7.92. The molecule has 1 N–H and O–H groups in total. The predicted molar refractivity (Wildman–Crippen MR) is 129 cm³/mol. The number of halogens is 5. The molecule has 1 amide bonds. The molecule has 7 rings (SSSR count). The summed E-state index contributed by atoms with van der Waals surface area (Å²) in [5.74, 6) is -0.607. The monoisotopic (exact) mass is 553 g/mol. The van der Waals surface area contributed by atoms with E-state index in [-0.39, 0.29) is 78.0 Å². The maximum absolute atomic E-state index is 14.4. The fraction of sp³-hybridized carbons (Fsp3) is 0.593. The van der Waals surface area contributed by atoms with Gasteiger partial charge in [0.1, 0.15) is 5.82 Å². The lowest BCUT2D eigenvalue weighted by Gasteiger charge is -2.58. The third-order valence-corrected chi connectivity index (χ3v) is 9.66. The van der Waals surface area contributed by atoms with Gasteiger partial charge >= 0.3 is 12.1 Å². The average Bonchev–Trinajstić information content (AvgIpc) is 3.21. The number of rotatable bonds is 5. The number of carbonyl (C=O) groups excluding carboxylic acids is 1. The average molecular weight is 554 g/mol. The van der Waals surface area contributed by atoms with Crippen LogP contribution in [0, 0.1) is 34.9 Å². The lowest BCUT2D eigenvalue weighted by atomic mass is 9.45. The van der Waals surface area contributed by atoms with Crippen molar-refractivity contribution in [3.63, 3.8) is 0 Å². The van der Waals surface area contributed by atoms with Gasteiger partial charge in [-0.15, -0.1) is 0 Å². The van der Waals surface area contributed by atoms with E-state index in [9.17, 15) is 32.3 Å². The Morgan fingerprint density at radius 3 is 2.50 bits per heavy atom. The summed E-state index contributed by atoms with van der Waals surface area (Å²) in [6, 6.07) is 3.99. The molecule has 1 aliphatic heterocycles. The maximum Gasteiger partial charge on any atom is 0.435 e. The minimum absolute atomic E-state index is 0.0146. The van der Waals surface area contributed by atoms with Gasteiger partial charge in [-0.1, -0.05) is 17.7 Å². The molecule has 1 aromatic carbocycles. The van der Waals surface area contributed by atoms with Crippen molar-refractivity contribution >= 4 is 23.5 Å². The van der Waals surface area contributed by atoms with Crippen LogP contribution in [0.15, 0.2) is 18.2 Å². The smallest absolute Gasteiger partial charge is 0.435 e. The first-order valence-electron chi connectivity index (χ1n) is 13.0. The largest absolute Gasteiger partial charge is 0.481 e. The number of nitrogens with zero attached hydrogens (tertiary/aromatic N) is 3. The van der Waals surface area contributed by atoms with Crippen LogP contribution in [-0.4, -0.2) is 38.2 Å². The maximum atomic E-state index is 14.4. The predicted octanol–water partition coefficient (Wildman–Crippen LogP) is 5.54. The van der Waals surface area contributed by atoms with Gasteiger partial charge in [-0.05, 0) is 74.3 Å². The molecule has 38 heavy (non-hydrogen) atoms.